The van der Waals surface area contributed by atoms with Crippen molar-refractivity contribution in [2.45, 2.75) is 13.1 Å². The van der Waals surface area contributed by atoms with Crippen LogP contribution in [0.3, 0.4) is 0 Å². The highest BCUT2D eigenvalue weighted by molar-refractivity contribution is 9.10. The Morgan fingerprint density at radius 1 is 1.47 bits per heavy atom. The summed E-state index contributed by atoms with van der Waals surface area (Å²) in [5, 5.41) is 5.87. The van der Waals surface area contributed by atoms with E-state index < -0.39 is 0 Å². The van der Waals surface area contributed by atoms with Crippen LogP contribution in [-0.2, 0) is 17.9 Å². The van der Waals surface area contributed by atoms with E-state index in [0.717, 1.165) is 16.0 Å². The predicted molar refractivity (Wildman–Crippen MR) is 77.8 cm³/mol. The van der Waals surface area contributed by atoms with Gasteiger partial charge in [-0.05, 0) is 25.2 Å². The smallest absolute Gasteiger partial charge is 0.244 e. The minimum atomic E-state index is -0.0755. The van der Waals surface area contributed by atoms with Crippen molar-refractivity contribution in [1.29, 1.82) is 0 Å². The molecule has 2 N–H and O–H groups in total. The summed E-state index contributed by atoms with van der Waals surface area (Å²) in [4.78, 5) is 16.1. The molecule has 1 aromatic carbocycles. The normalized spacial score (nSPS) is 10.4. The molecule has 100 valence electrons. The molecule has 6 heteroatoms. The van der Waals surface area contributed by atoms with Gasteiger partial charge in [0.05, 0.1) is 6.54 Å². The Balaban J connectivity index is 1.99. The van der Waals surface area contributed by atoms with E-state index in [9.17, 15) is 4.79 Å². The second-order valence-electron chi connectivity index (χ2n) is 4.06. The highest BCUT2D eigenvalue weighted by atomic mass is 79.9. The molecule has 0 aliphatic carbocycles. The van der Waals surface area contributed by atoms with Crippen LogP contribution >= 0.6 is 15.9 Å². The number of nitrogens with zero attached hydrogens (tertiary/aromatic N) is 2. The highest BCUT2D eigenvalue weighted by Gasteiger charge is 2.07. The highest BCUT2D eigenvalue weighted by Crippen LogP contribution is 2.15. The fourth-order valence-electron chi connectivity index (χ4n) is 1.73. The van der Waals surface area contributed by atoms with Crippen molar-refractivity contribution in [3.8, 4) is 0 Å². The first kappa shape index (κ1) is 13.8. The fourth-order valence-corrected chi connectivity index (χ4v) is 2.13. The van der Waals surface area contributed by atoms with Crippen molar-refractivity contribution < 1.29 is 4.79 Å². The lowest BCUT2D eigenvalue weighted by molar-refractivity contribution is -0.116. The maximum Gasteiger partial charge on any atom is 0.244 e. The van der Waals surface area contributed by atoms with Crippen LogP contribution < -0.4 is 10.6 Å². The maximum absolute atomic E-state index is 12.0. The third-order valence-corrected chi connectivity index (χ3v) is 3.05. The fraction of sp³-hybridized carbons (Fsp3) is 0.231. The van der Waals surface area contributed by atoms with Gasteiger partial charge in [0.15, 0.2) is 0 Å². The molecule has 1 amide bonds. The molecule has 0 saturated heterocycles. The molecule has 0 aliphatic rings. The van der Waals surface area contributed by atoms with Gasteiger partial charge in [-0.25, -0.2) is 4.98 Å². The lowest BCUT2D eigenvalue weighted by Gasteiger charge is -2.08. The third-order valence-electron chi connectivity index (χ3n) is 2.56. The van der Waals surface area contributed by atoms with E-state index >= 15 is 0 Å². The SMILES string of the molecule is CNCc1nccn1CC(=O)Nc1cccc(Br)c1. The van der Waals surface area contributed by atoms with Crippen molar-refractivity contribution in [3.05, 3.63) is 47.0 Å². The first-order valence-corrected chi connectivity index (χ1v) is 6.68. The minimum absolute atomic E-state index is 0.0755. The van der Waals surface area contributed by atoms with E-state index in [2.05, 4.69) is 31.5 Å². The first-order chi connectivity index (χ1) is 9.19. The van der Waals surface area contributed by atoms with Gasteiger partial charge in [-0.15, -0.1) is 0 Å². The van der Waals surface area contributed by atoms with Crippen LogP contribution in [0.4, 0.5) is 5.69 Å². The van der Waals surface area contributed by atoms with Gasteiger partial charge in [0, 0.05) is 22.6 Å². The van der Waals surface area contributed by atoms with Crippen molar-refractivity contribution in [2.75, 3.05) is 12.4 Å². The summed E-state index contributed by atoms with van der Waals surface area (Å²) < 4.78 is 2.76. The van der Waals surface area contributed by atoms with Gasteiger partial charge in [0.1, 0.15) is 12.4 Å². The molecule has 19 heavy (non-hydrogen) atoms. The van der Waals surface area contributed by atoms with E-state index in [1.165, 1.54) is 0 Å². The van der Waals surface area contributed by atoms with Gasteiger partial charge in [-0.1, -0.05) is 22.0 Å². The Hall–Kier alpha value is -1.66. The second-order valence-corrected chi connectivity index (χ2v) is 4.98. The average Bonchev–Trinajstić information content (AvgIpc) is 2.77. The summed E-state index contributed by atoms with van der Waals surface area (Å²) in [5.74, 6) is 0.764. The quantitative estimate of drug-likeness (QED) is 0.885. The van der Waals surface area contributed by atoms with Crippen molar-refractivity contribution >= 4 is 27.5 Å². The Kier molecular flexibility index (Phi) is 4.70. The summed E-state index contributed by atoms with van der Waals surface area (Å²) in [6, 6.07) is 7.51. The molecule has 0 spiro atoms. The monoisotopic (exact) mass is 322 g/mol. The molecule has 0 aliphatic heterocycles. The number of carbonyl (C=O) groups excluding carboxylic acids is 1. The van der Waals surface area contributed by atoms with Crippen LogP contribution in [0.15, 0.2) is 41.1 Å². The number of nitrogens with one attached hydrogen (secondary N) is 2. The van der Waals surface area contributed by atoms with Gasteiger partial charge >= 0.3 is 0 Å². The van der Waals surface area contributed by atoms with E-state index in [4.69, 9.17) is 0 Å². The molecule has 0 bridgehead atoms. The number of hydrogen-bond donors (Lipinski definition) is 2. The lowest BCUT2D eigenvalue weighted by Crippen LogP contribution is -2.21. The van der Waals surface area contributed by atoms with E-state index in [-0.39, 0.29) is 12.5 Å². The van der Waals surface area contributed by atoms with Crippen LogP contribution in [0.5, 0.6) is 0 Å². The average molecular weight is 323 g/mol. The van der Waals surface area contributed by atoms with Gasteiger partial charge in [0.2, 0.25) is 5.91 Å². The van der Waals surface area contributed by atoms with Gasteiger partial charge in [0.25, 0.3) is 0 Å². The van der Waals surface area contributed by atoms with Gasteiger partial charge in [-0.3, -0.25) is 4.79 Å². The van der Waals surface area contributed by atoms with Crippen LogP contribution in [0.2, 0.25) is 0 Å². The molecule has 0 atom stereocenters. The standard InChI is InChI=1S/C13H15BrN4O/c1-15-8-12-16-5-6-18(12)9-13(19)17-11-4-2-3-10(14)7-11/h2-7,15H,8-9H2,1H3,(H,17,19). The molecule has 5 nitrogen and oxygen atoms in total. The predicted octanol–water partition coefficient (Wildman–Crippen LogP) is 2.00. The van der Waals surface area contributed by atoms with E-state index in [1.54, 1.807) is 12.4 Å². The number of imidazole rings is 1. The van der Waals surface area contributed by atoms with E-state index in [0.29, 0.717) is 6.54 Å². The molecule has 2 aromatic rings. The summed E-state index contributed by atoms with van der Waals surface area (Å²) in [6.45, 7) is 0.890. The number of halogens is 1. The summed E-state index contributed by atoms with van der Waals surface area (Å²) in [5.41, 5.74) is 0.773. The van der Waals surface area contributed by atoms with Crippen molar-refractivity contribution in [3.63, 3.8) is 0 Å². The molecule has 0 saturated carbocycles. The van der Waals surface area contributed by atoms with Crippen LogP contribution in [-0.4, -0.2) is 22.5 Å². The summed E-state index contributed by atoms with van der Waals surface area (Å²) in [6.07, 6.45) is 3.49. The molecule has 0 unspecified atom stereocenters. The number of hydrogen-bond acceptors (Lipinski definition) is 3. The summed E-state index contributed by atoms with van der Waals surface area (Å²) >= 11 is 3.37. The minimum Gasteiger partial charge on any atom is -0.324 e. The van der Waals surface area contributed by atoms with Crippen LogP contribution in [0.1, 0.15) is 5.82 Å². The van der Waals surface area contributed by atoms with Gasteiger partial charge < -0.3 is 15.2 Å². The Morgan fingerprint density at radius 3 is 3.05 bits per heavy atom. The van der Waals surface area contributed by atoms with E-state index in [1.807, 2.05) is 35.9 Å². The zero-order valence-electron chi connectivity index (χ0n) is 10.6. The molecule has 1 aromatic heterocycles. The van der Waals surface area contributed by atoms with Gasteiger partial charge in [-0.2, -0.15) is 0 Å². The molecule has 0 radical (unpaired) electrons. The van der Waals surface area contributed by atoms with Crippen molar-refractivity contribution in [2.24, 2.45) is 0 Å². The second kappa shape index (κ2) is 6.49. The number of benzene rings is 1. The lowest BCUT2D eigenvalue weighted by atomic mass is 10.3. The van der Waals surface area contributed by atoms with Crippen molar-refractivity contribution in [1.82, 2.24) is 14.9 Å². The largest absolute Gasteiger partial charge is 0.324 e. The Morgan fingerprint density at radius 2 is 2.32 bits per heavy atom. The number of aromatic nitrogens is 2. The number of anilines is 1. The molecular formula is C13H15BrN4O. The molecular weight excluding hydrogens is 308 g/mol. The zero-order valence-corrected chi connectivity index (χ0v) is 12.1. The van der Waals surface area contributed by atoms with Crippen LogP contribution in [0, 0.1) is 0 Å². The number of rotatable bonds is 5. The molecule has 1 heterocycles. The van der Waals surface area contributed by atoms with Crippen LogP contribution in [0.25, 0.3) is 0 Å². The summed E-state index contributed by atoms with van der Waals surface area (Å²) in [7, 11) is 1.85. The third kappa shape index (κ3) is 3.90. The Bertz CT molecular complexity index is 567. The Labute approximate surface area is 120 Å². The number of amides is 1. The molecule has 2 rings (SSSR count). The number of carbonyl (C=O) groups is 1. The topological polar surface area (TPSA) is 59.0 Å². The molecule has 0 fully saturated rings. The maximum atomic E-state index is 12.0. The zero-order chi connectivity index (χ0) is 13.7. The first-order valence-electron chi connectivity index (χ1n) is 5.89.